The zero-order valence-electron chi connectivity index (χ0n) is 18.8. The number of hydrogen-bond donors (Lipinski definition) is 3. The van der Waals surface area contributed by atoms with Crippen LogP contribution in [0.25, 0.3) is 10.9 Å². The Morgan fingerprint density at radius 2 is 1.94 bits per heavy atom. The number of aromatic amines is 1. The van der Waals surface area contributed by atoms with Gasteiger partial charge in [-0.15, -0.1) is 0 Å². The van der Waals surface area contributed by atoms with Gasteiger partial charge >= 0.3 is 0 Å². The molecule has 3 atom stereocenters. The number of likely N-dealkylation sites (tertiary alicyclic amines) is 1. The topological polar surface area (TPSA) is 79.8 Å². The van der Waals surface area contributed by atoms with E-state index in [0.717, 1.165) is 28.5 Å². The van der Waals surface area contributed by atoms with Crippen LogP contribution >= 0.6 is 23.2 Å². The summed E-state index contributed by atoms with van der Waals surface area (Å²) in [5.41, 5.74) is 2.98. The van der Waals surface area contributed by atoms with Crippen molar-refractivity contribution in [2.75, 3.05) is 20.1 Å². The minimum atomic E-state index is -0.763. The molecule has 3 N–H and O–H groups in total. The summed E-state index contributed by atoms with van der Waals surface area (Å²) in [6.45, 7) is 3.46. The number of aliphatic hydroxyl groups excluding tert-OH is 1. The van der Waals surface area contributed by atoms with Crippen molar-refractivity contribution in [3.63, 3.8) is 0 Å². The predicted molar refractivity (Wildman–Crippen MR) is 132 cm³/mol. The number of aromatic nitrogens is 1. The molecule has 0 radical (unpaired) electrons. The second kappa shape index (κ2) is 9.94. The van der Waals surface area contributed by atoms with Crippen molar-refractivity contribution in [2.45, 2.75) is 38.5 Å². The second-order valence-electron chi connectivity index (χ2n) is 8.93. The Labute approximate surface area is 203 Å². The van der Waals surface area contributed by atoms with E-state index in [4.69, 9.17) is 23.2 Å². The lowest BCUT2D eigenvalue weighted by Gasteiger charge is -2.43. The fourth-order valence-corrected chi connectivity index (χ4v) is 5.50. The first-order valence-electron chi connectivity index (χ1n) is 11.1. The molecular weight excluding hydrogens is 461 g/mol. The molecule has 8 heteroatoms. The number of fused-ring (bicyclic) bond motifs is 1. The van der Waals surface area contributed by atoms with Crippen LogP contribution in [0.5, 0.6) is 5.75 Å². The Bertz CT molecular complexity index is 1130. The number of phenolic OH excluding ortho intramolecular Hbond substituents is 1. The maximum absolute atomic E-state index is 13.4. The zero-order valence-corrected chi connectivity index (χ0v) is 20.3. The van der Waals surface area contributed by atoms with Crippen molar-refractivity contribution >= 4 is 40.0 Å². The van der Waals surface area contributed by atoms with Gasteiger partial charge in [-0.3, -0.25) is 9.69 Å². The highest BCUT2D eigenvalue weighted by molar-refractivity contribution is 6.34. The largest absolute Gasteiger partial charge is 0.508 e. The van der Waals surface area contributed by atoms with Crippen molar-refractivity contribution in [1.82, 2.24) is 14.8 Å². The van der Waals surface area contributed by atoms with Gasteiger partial charge in [-0.1, -0.05) is 23.2 Å². The number of piperidine rings is 1. The molecule has 1 aliphatic rings. The number of carbonyl (C=O) groups is 1. The number of nitrogens with one attached hydrogen (secondary N) is 1. The number of aliphatic hydroxyl groups is 1. The van der Waals surface area contributed by atoms with E-state index in [9.17, 15) is 15.0 Å². The number of aromatic hydroxyl groups is 1. The van der Waals surface area contributed by atoms with E-state index in [1.165, 1.54) is 0 Å². The van der Waals surface area contributed by atoms with Gasteiger partial charge in [-0.25, -0.2) is 0 Å². The first-order chi connectivity index (χ1) is 15.7. The molecule has 1 aliphatic heterocycles. The van der Waals surface area contributed by atoms with Crippen LogP contribution in [0.15, 0.2) is 42.6 Å². The lowest BCUT2D eigenvalue weighted by Crippen LogP contribution is -2.56. The van der Waals surface area contributed by atoms with Gasteiger partial charge in [0.1, 0.15) is 5.75 Å². The van der Waals surface area contributed by atoms with E-state index in [1.807, 2.05) is 36.3 Å². The van der Waals surface area contributed by atoms with Crippen LogP contribution in [0.4, 0.5) is 0 Å². The van der Waals surface area contributed by atoms with Crippen LogP contribution in [-0.2, 0) is 17.8 Å². The van der Waals surface area contributed by atoms with Crippen LogP contribution < -0.4 is 0 Å². The van der Waals surface area contributed by atoms with E-state index in [2.05, 4.69) is 9.88 Å². The Morgan fingerprint density at radius 1 is 1.21 bits per heavy atom. The summed E-state index contributed by atoms with van der Waals surface area (Å²) < 4.78 is 0. The molecule has 1 aromatic heterocycles. The lowest BCUT2D eigenvalue weighted by molar-refractivity contribution is -0.147. The van der Waals surface area contributed by atoms with E-state index < -0.39 is 12.0 Å². The van der Waals surface area contributed by atoms with Crippen molar-refractivity contribution in [2.24, 2.45) is 5.92 Å². The molecule has 33 heavy (non-hydrogen) atoms. The predicted octanol–water partition coefficient (Wildman–Crippen LogP) is 4.45. The average molecular weight is 490 g/mol. The third-order valence-corrected chi connectivity index (χ3v) is 6.98. The zero-order chi connectivity index (χ0) is 23.7. The molecule has 0 bridgehead atoms. The van der Waals surface area contributed by atoms with Gasteiger partial charge < -0.3 is 20.1 Å². The Kier molecular flexibility index (Phi) is 7.19. The van der Waals surface area contributed by atoms with Crippen molar-refractivity contribution in [1.29, 1.82) is 0 Å². The van der Waals surface area contributed by atoms with Gasteiger partial charge in [-0.05, 0) is 74.3 Å². The summed E-state index contributed by atoms with van der Waals surface area (Å²) in [5, 5.41) is 22.5. The highest BCUT2D eigenvalue weighted by Gasteiger charge is 2.41. The maximum atomic E-state index is 13.4. The summed E-state index contributed by atoms with van der Waals surface area (Å²) in [6, 6.07) is 10.6. The maximum Gasteiger partial charge on any atom is 0.229 e. The molecule has 0 saturated carbocycles. The lowest BCUT2D eigenvalue weighted by atomic mass is 9.85. The number of hydrogen-bond acceptors (Lipinski definition) is 4. The van der Waals surface area contributed by atoms with Crippen molar-refractivity contribution < 1.29 is 15.0 Å². The Hall–Kier alpha value is -2.25. The molecule has 2 heterocycles. The van der Waals surface area contributed by atoms with E-state index in [0.29, 0.717) is 36.1 Å². The second-order valence-corrected chi connectivity index (χ2v) is 9.81. The van der Waals surface area contributed by atoms with Crippen LogP contribution in [-0.4, -0.2) is 63.2 Å². The molecule has 1 amide bonds. The number of carbonyl (C=O) groups excluding carboxylic acids is 1. The highest BCUT2D eigenvalue weighted by Crippen LogP contribution is 2.29. The number of phenols is 1. The molecule has 6 nitrogen and oxygen atoms in total. The highest BCUT2D eigenvalue weighted by atomic mass is 35.5. The minimum absolute atomic E-state index is 0.0279. The molecule has 0 aliphatic carbocycles. The van der Waals surface area contributed by atoms with Gasteiger partial charge in [-0.2, -0.15) is 0 Å². The molecule has 176 valence electrons. The number of H-pyrrole nitrogens is 1. The standard InChI is InChI=1S/C25H29Cl2N3O3/c1-15(31)24-23(29(2)14-16-9-18(26)11-19(27)10-16)6-8-30(25(24)33)7-5-17-13-28-22-4-3-20(32)12-21(17)22/h3-4,9-13,15,23-24,28,31-32H,5-8,14H2,1-2H3/t15-,23?,24?/m1/s1. The first-order valence-corrected chi connectivity index (χ1v) is 11.9. The van der Waals surface area contributed by atoms with Gasteiger partial charge in [0.05, 0.1) is 12.0 Å². The summed E-state index contributed by atoms with van der Waals surface area (Å²) in [5.74, 6) is -0.316. The van der Waals surface area contributed by atoms with Gasteiger partial charge in [0.25, 0.3) is 0 Å². The summed E-state index contributed by atoms with van der Waals surface area (Å²) >= 11 is 12.3. The molecule has 2 aromatic carbocycles. The van der Waals surface area contributed by atoms with Gasteiger partial charge in [0.2, 0.25) is 5.91 Å². The van der Waals surface area contributed by atoms with Gasteiger partial charge in [0.15, 0.2) is 0 Å². The van der Waals surface area contributed by atoms with Crippen LogP contribution in [0.2, 0.25) is 10.0 Å². The van der Waals surface area contributed by atoms with Crippen LogP contribution in [0, 0.1) is 5.92 Å². The summed E-state index contributed by atoms with van der Waals surface area (Å²) in [6.07, 6.45) is 2.60. The Morgan fingerprint density at radius 3 is 2.64 bits per heavy atom. The molecule has 4 rings (SSSR count). The van der Waals surface area contributed by atoms with E-state index in [1.54, 1.807) is 25.1 Å². The van der Waals surface area contributed by atoms with Crippen LogP contribution in [0.1, 0.15) is 24.5 Å². The molecule has 0 spiro atoms. The quantitative estimate of drug-likeness (QED) is 0.457. The monoisotopic (exact) mass is 489 g/mol. The average Bonchev–Trinajstić information content (AvgIpc) is 3.13. The molecule has 1 saturated heterocycles. The van der Waals surface area contributed by atoms with Gasteiger partial charge in [0, 0.05) is 52.8 Å². The first kappa shape index (κ1) is 23.9. The molecular formula is C25H29Cl2N3O3. The van der Waals surface area contributed by atoms with Crippen molar-refractivity contribution in [3.05, 3.63) is 63.8 Å². The van der Waals surface area contributed by atoms with Crippen LogP contribution in [0.3, 0.4) is 0 Å². The summed E-state index contributed by atoms with van der Waals surface area (Å²) in [4.78, 5) is 20.5. The number of nitrogens with zero attached hydrogens (tertiary/aromatic N) is 2. The molecule has 1 fully saturated rings. The third-order valence-electron chi connectivity index (χ3n) is 6.55. The minimum Gasteiger partial charge on any atom is -0.508 e. The number of halogens is 2. The summed E-state index contributed by atoms with van der Waals surface area (Å²) in [7, 11) is 1.97. The number of rotatable bonds is 7. The van der Waals surface area contributed by atoms with E-state index >= 15 is 0 Å². The number of benzene rings is 2. The van der Waals surface area contributed by atoms with Crippen molar-refractivity contribution in [3.8, 4) is 5.75 Å². The smallest absolute Gasteiger partial charge is 0.229 e. The fraction of sp³-hybridized carbons (Fsp3) is 0.400. The SMILES string of the molecule is C[C@@H](O)C1C(=O)N(CCc2c[nH]c3ccc(O)cc23)CCC1N(C)Cc1cc(Cl)cc(Cl)c1. The molecule has 3 aromatic rings. The normalized spacial score (nSPS) is 20.1. The third kappa shape index (κ3) is 5.30. The molecule has 2 unspecified atom stereocenters. The fourth-order valence-electron chi connectivity index (χ4n) is 4.93. The van der Waals surface area contributed by atoms with E-state index in [-0.39, 0.29) is 17.7 Å². The number of amides is 1. The Balaban J connectivity index is 1.45.